The van der Waals surface area contributed by atoms with Crippen LogP contribution in [0.15, 0.2) is 28.9 Å². The number of nitrogens with one attached hydrogen (secondary N) is 1. The molecule has 0 atom stereocenters. The summed E-state index contributed by atoms with van der Waals surface area (Å²) in [7, 11) is 1.88. The second kappa shape index (κ2) is 4.65. The van der Waals surface area contributed by atoms with Gasteiger partial charge in [-0.25, -0.2) is 0 Å². The maximum atomic E-state index is 3.88. The molecule has 0 fully saturated rings. The molecule has 1 aromatic carbocycles. The van der Waals surface area contributed by atoms with Gasteiger partial charge in [-0.1, -0.05) is 27.2 Å². The van der Waals surface area contributed by atoms with Gasteiger partial charge in [0, 0.05) is 17.2 Å². The third-order valence-electron chi connectivity index (χ3n) is 2.45. The first-order valence-electron chi connectivity index (χ1n) is 5.00. The van der Waals surface area contributed by atoms with Gasteiger partial charge in [-0.2, -0.15) is 0 Å². The highest BCUT2D eigenvalue weighted by Gasteiger charge is 2.00. The highest BCUT2D eigenvalue weighted by atomic mass is 79.9. The summed E-state index contributed by atoms with van der Waals surface area (Å²) in [5, 5.41) is 11.0. The molecule has 2 aromatic rings. The minimum atomic E-state index is 0.721. The van der Waals surface area contributed by atoms with Gasteiger partial charge in [-0.3, -0.25) is 4.68 Å². The maximum absolute atomic E-state index is 3.88. The normalized spacial score (nSPS) is 10.4. The molecule has 4 nitrogen and oxygen atoms in total. The smallest absolute Gasteiger partial charge is 0.0774 e. The number of nitrogens with zero attached hydrogens (tertiary/aromatic N) is 3. The van der Waals surface area contributed by atoms with Gasteiger partial charge >= 0.3 is 0 Å². The van der Waals surface area contributed by atoms with Gasteiger partial charge in [-0.05, 0) is 24.6 Å². The van der Waals surface area contributed by atoms with E-state index in [1.165, 1.54) is 5.56 Å². The average molecular weight is 281 g/mol. The second-order valence-electron chi connectivity index (χ2n) is 3.67. The van der Waals surface area contributed by atoms with Crippen LogP contribution in [-0.4, -0.2) is 15.0 Å². The lowest BCUT2D eigenvalue weighted by Gasteiger charge is -2.07. The molecule has 0 aliphatic heterocycles. The van der Waals surface area contributed by atoms with Gasteiger partial charge < -0.3 is 5.32 Å². The molecule has 0 aliphatic carbocycles. The number of benzene rings is 1. The number of aromatic nitrogens is 3. The van der Waals surface area contributed by atoms with E-state index in [2.05, 4.69) is 56.7 Å². The molecule has 0 amide bonds. The average Bonchev–Trinajstić information content (AvgIpc) is 2.66. The van der Waals surface area contributed by atoms with Crippen molar-refractivity contribution in [3.8, 4) is 0 Å². The molecule has 0 radical (unpaired) electrons. The SMILES string of the molecule is Cc1ccc(NCc2cnnn2C)cc1Br. The third-order valence-corrected chi connectivity index (χ3v) is 3.31. The van der Waals surface area contributed by atoms with Gasteiger partial charge in [-0.15, -0.1) is 5.10 Å². The maximum Gasteiger partial charge on any atom is 0.0774 e. The van der Waals surface area contributed by atoms with Crippen LogP contribution in [0.25, 0.3) is 0 Å². The number of halogens is 1. The van der Waals surface area contributed by atoms with E-state index in [0.29, 0.717) is 0 Å². The summed E-state index contributed by atoms with van der Waals surface area (Å²) >= 11 is 3.51. The van der Waals surface area contributed by atoms with Crippen LogP contribution >= 0.6 is 15.9 Å². The number of anilines is 1. The summed E-state index contributed by atoms with van der Waals surface area (Å²) in [6, 6.07) is 6.21. The van der Waals surface area contributed by atoms with Crippen LogP contribution < -0.4 is 5.32 Å². The minimum Gasteiger partial charge on any atom is -0.379 e. The third kappa shape index (κ3) is 2.41. The summed E-state index contributed by atoms with van der Waals surface area (Å²) in [4.78, 5) is 0. The summed E-state index contributed by atoms with van der Waals surface area (Å²) in [5.41, 5.74) is 3.36. The Morgan fingerprint density at radius 1 is 1.44 bits per heavy atom. The van der Waals surface area contributed by atoms with E-state index < -0.39 is 0 Å². The van der Waals surface area contributed by atoms with Crippen molar-refractivity contribution in [2.45, 2.75) is 13.5 Å². The molecule has 1 heterocycles. The Morgan fingerprint density at radius 3 is 2.88 bits per heavy atom. The summed E-state index contributed by atoms with van der Waals surface area (Å²) in [6.07, 6.45) is 1.76. The van der Waals surface area contributed by atoms with Gasteiger partial charge in [0.2, 0.25) is 0 Å². The van der Waals surface area contributed by atoms with Crippen molar-refractivity contribution >= 4 is 21.6 Å². The Hall–Kier alpha value is -1.36. The van der Waals surface area contributed by atoms with E-state index in [1.54, 1.807) is 10.9 Å². The monoisotopic (exact) mass is 280 g/mol. The second-order valence-corrected chi connectivity index (χ2v) is 4.52. The van der Waals surface area contributed by atoms with Gasteiger partial charge in [0.25, 0.3) is 0 Å². The van der Waals surface area contributed by atoms with E-state index in [0.717, 1.165) is 22.4 Å². The molecular formula is C11H13BrN4. The summed E-state index contributed by atoms with van der Waals surface area (Å²) in [6.45, 7) is 2.79. The van der Waals surface area contributed by atoms with Crippen molar-refractivity contribution in [1.29, 1.82) is 0 Å². The Bertz CT molecular complexity index is 492. The Balaban J connectivity index is 2.05. The molecule has 1 N–H and O–H groups in total. The van der Waals surface area contributed by atoms with Gasteiger partial charge in [0.1, 0.15) is 0 Å². The zero-order chi connectivity index (χ0) is 11.5. The van der Waals surface area contributed by atoms with Crippen molar-refractivity contribution in [3.05, 3.63) is 40.1 Å². The predicted molar refractivity (Wildman–Crippen MR) is 67.2 cm³/mol. The van der Waals surface area contributed by atoms with Crippen LogP contribution in [0.2, 0.25) is 0 Å². The first-order valence-corrected chi connectivity index (χ1v) is 5.79. The lowest BCUT2D eigenvalue weighted by Crippen LogP contribution is -2.05. The minimum absolute atomic E-state index is 0.721. The van der Waals surface area contributed by atoms with Crippen LogP contribution in [0.1, 0.15) is 11.3 Å². The topological polar surface area (TPSA) is 42.7 Å². The number of aryl methyl sites for hydroxylation is 2. The fraction of sp³-hybridized carbons (Fsp3) is 0.273. The summed E-state index contributed by atoms with van der Waals surface area (Å²) in [5.74, 6) is 0. The molecule has 84 valence electrons. The lowest BCUT2D eigenvalue weighted by molar-refractivity contribution is 0.683. The Morgan fingerprint density at radius 2 is 2.25 bits per heavy atom. The molecule has 2 rings (SSSR count). The Kier molecular flexibility index (Phi) is 3.24. The van der Waals surface area contributed by atoms with Crippen LogP contribution in [0.4, 0.5) is 5.69 Å². The molecule has 5 heteroatoms. The van der Waals surface area contributed by atoms with Gasteiger partial charge in [0.05, 0.1) is 18.4 Å². The number of hydrogen-bond acceptors (Lipinski definition) is 3. The first kappa shape index (κ1) is 11.1. The molecule has 0 bridgehead atoms. The fourth-order valence-corrected chi connectivity index (χ4v) is 1.75. The van der Waals surface area contributed by atoms with E-state index in [4.69, 9.17) is 0 Å². The van der Waals surface area contributed by atoms with Crippen LogP contribution in [-0.2, 0) is 13.6 Å². The highest BCUT2D eigenvalue weighted by Crippen LogP contribution is 2.20. The van der Waals surface area contributed by atoms with Crippen molar-refractivity contribution in [1.82, 2.24) is 15.0 Å². The number of hydrogen-bond donors (Lipinski definition) is 1. The van der Waals surface area contributed by atoms with Crippen molar-refractivity contribution in [2.24, 2.45) is 7.05 Å². The zero-order valence-corrected chi connectivity index (χ0v) is 10.8. The van der Waals surface area contributed by atoms with Crippen LogP contribution in [0, 0.1) is 6.92 Å². The van der Waals surface area contributed by atoms with Crippen LogP contribution in [0.5, 0.6) is 0 Å². The standard InChI is InChI=1S/C11H13BrN4/c1-8-3-4-9(5-11(8)12)13-6-10-7-14-15-16(10)2/h3-5,7,13H,6H2,1-2H3. The molecule has 0 saturated carbocycles. The largest absolute Gasteiger partial charge is 0.379 e. The molecule has 16 heavy (non-hydrogen) atoms. The molecule has 0 spiro atoms. The van der Waals surface area contributed by atoms with Gasteiger partial charge in [0.15, 0.2) is 0 Å². The lowest BCUT2D eigenvalue weighted by atomic mass is 10.2. The molecule has 0 aliphatic rings. The van der Waals surface area contributed by atoms with E-state index in [-0.39, 0.29) is 0 Å². The van der Waals surface area contributed by atoms with Crippen molar-refractivity contribution in [3.63, 3.8) is 0 Å². The first-order chi connectivity index (χ1) is 7.66. The predicted octanol–water partition coefficient (Wildman–Crippen LogP) is 2.50. The van der Waals surface area contributed by atoms with E-state index in [1.807, 2.05) is 7.05 Å². The van der Waals surface area contributed by atoms with Crippen LogP contribution in [0.3, 0.4) is 0 Å². The molecule has 0 unspecified atom stereocenters. The zero-order valence-electron chi connectivity index (χ0n) is 9.24. The van der Waals surface area contributed by atoms with Crippen molar-refractivity contribution in [2.75, 3.05) is 5.32 Å². The molecule has 0 saturated heterocycles. The number of rotatable bonds is 3. The Labute approximate surface area is 103 Å². The molecule has 1 aromatic heterocycles. The fourth-order valence-electron chi connectivity index (χ4n) is 1.37. The molecular weight excluding hydrogens is 268 g/mol. The van der Waals surface area contributed by atoms with E-state index in [9.17, 15) is 0 Å². The van der Waals surface area contributed by atoms with E-state index >= 15 is 0 Å². The van der Waals surface area contributed by atoms with Crippen molar-refractivity contribution < 1.29 is 0 Å². The summed E-state index contributed by atoms with van der Waals surface area (Å²) < 4.78 is 2.87. The highest BCUT2D eigenvalue weighted by molar-refractivity contribution is 9.10. The quantitative estimate of drug-likeness (QED) is 0.940.